The van der Waals surface area contributed by atoms with Gasteiger partial charge in [-0.3, -0.25) is 0 Å². The lowest BCUT2D eigenvalue weighted by Gasteiger charge is -1.91. The van der Waals surface area contributed by atoms with Gasteiger partial charge in [-0.2, -0.15) is 0 Å². The summed E-state index contributed by atoms with van der Waals surface area (Å²) in [6.07, 6.45) is 4.62. The number of hydrogen-bond donors (Lipinski definition) is 1. The molecule has 0 spiro atoms. The molecule has 2 N–H and O–H groups in total. The first-order valence-electron chi connectivity index (χ1n) is 3.51. The first-order valence-corrected chi connectivity index (χ1v) is 3.51. The second-order valence-corrected chi connectivity index (χ2v) is 2.03. The van der Waals surface area contributed by atoms with Crippen LogP contribution in [-0.4, -0.2) is 6.54 Å². The van der Waals surface area contributed by atoms with Crippen molar-refractivity contribution in [2.24, 2.45) is 5.73 Å². The molecule has 0 saturated heterocycles. The van der Waals surface area contributed by atoms with E-state index < -0.39 is 0 Å². The first-order chi connectivity index (χ1) is 4.41. The van der Waals surface area contributed by atoms with E-state index in [1.54, 1.807) is 0 Å². The van der Waals surface area contributed by atoms with Crippen LogP contribution < -0.4 is 5.73 Å². The predicted molar refractivity (Wildman–Crippen MR) is 41.0 cm³/mol. The minimum Gasteiger partial charge on any atom is -0.330 e. The van der Waals surface area contributed by atoms with Crippen LogP contribution in [0.15, 0.2) is 0 Å². The van der Waals surface area contributed by atoms with Crippen LogP contribution in [0.25, 0.3) is 0 Å². The Balaban J connectivity index is 2.80. The van der Waals surface area contributed by atoms with Gasteiger partial charge in [0.05, 0.1) is 0 Å². The van der Waals surface area contributed by atoms with Crippen molar-refractivity contribution >= 4 is 0 Å². The lowest BCUT2D eigenvalue weighted by molar-refractivity contribution is 0.701. The summed E-state index contributed by atoms with van der Waals surface area (Å²) in [5.41, 5.74) is 5.31. The minimum atomic E-state index is 0.819. The Morgan fingerprint density at radius 1 is 1.22 bits per heavy atom. The van der Waals surface area contributed by atoms with Gasteiger partial charge in [0.25, 0.3) is 0 Å². The Hall–Kier alpha value is -0.480. The maximum absolute atomic E-state index is 5.31. The molecule has 0 aromatic carbocycles. The topological polar surface area (TPSA) is 26.0 Å². The molecule has 0 rings (SSSR count). The molecule has 0 aliphatic carbocycles. The summed E-state index contributed by atoms with van der Waals surface area (Å²) < 4.78 is 0. The Kier molecular flexibility index (Phi) is 7.12. The molecule has 0 saturated carbocycles. The zero-order valence-corrected chi connectivity index (χ0v) is 6.11. The van der Waals surface area contributed by atoms with Gasteiger partial charge in [0.1, 0.15) is 0 Å². The van der Waals surface area contributed by atoms with Crippen molar-refractivity contribution in [1.29, 1.82) is 0 Å². The van der Waals surface area contributed by atoms with Gasteiger partial charge in [-0.05, 0) is 26.3 Å². The largest absolute Gasteiger partial charge is 0.330 e. The maximum atomic E-state index is 5.31. The van der Waals surface area contributed by atoms with Gasteiger partial charge in [0.15, 0.2) is 0 Å². The molecule has 0 fully saturated rings. The predicted octanol–water partition coefficient (Wildman–Crippen LogP) is 1.53. The highest BCUT2D eigenvalue weighted by molar-refractivity contribution is 4.94. The molecule has 0 atom stereocenters. The van der Waals surface area contributed by atoms with Crippen molar-refractivity contribution in [3.63, 3.8) is 0 Å². The smallest absolute Gasteiger partial charge is 0.00885 e. The van der Waals surface area contributed by atoms with Gasteiger partial charge in [0, 0.05) is 6.42 Å². The fourth-order valence-corrected chi connectivity index (χ4v) is 0.660. The van der Waals surface area contributed by atoms with Crippen LogP contribution in [0.3, 0.4) is 0 Å². The number of unbranched alkanes of at least 4 members (excludes halogenated alkanes) is 3. The van der Waals surface area contributed by atoms with Crippen LogP contribution in [0.1, 0.15) is 32.6 Å². The van der Waals surface area contributed by atoms with Crippen LogP contribution in [0.2, 0.25) is 0 Å². The fraction of sp³-hybridized carbons (Fsp3) is 0.750. The summed E-state index contributed by atoms with van der Waals surface area (Å²) >= 11 is 0. The maximum Gasteiger partial charge on any atom is 0.00885 e. The molecular weight excluding hydrogens is 110 g/mol. The van der Waals surface area contributed by atoms with E-state index in [1.165, 1.54) is 12.8 Å². The molecule has 0 heterocycles. The second-order valence-electron chi connectivity index (χ2n) is 2.03. The molecule has 0 unspecified atom stereocenters. The van der Waals surface area contributed by atoms with Gasteiger partial charge in [-0.25, -0.2) is 0 Å². The Labute approximate surface area is 57.6 Å². The van der Waals surface area contributed by atoms with Gasteiger partial charge in [-0.1, -0.05) is 6.42 Å². The summed E-state index contributed by atoms with van der Waals surface area (Å²) in [4.78, 5) is 0. The van der Waals surface area contributed by atoms with E-state index in [0.717, 1.165) is 19.4 Å². The zero-order valence-electron chi connectivity index (χ0n) is 6.11. The summed E-state index contributed by atoms with van der Waals surface area (Å²) in [6.45, 7) is 2.70. The SMILES string of the molecule is CC#CCCCCCN. The molecule has 52 valence electrons. The highest BCUT2D eigenvalue weighted by Crippen LogP contribution is 1.95. The molecule has 0 aromatic heterocycles. The normalized spacial score (nSPS) is 8.22. The molecular formula is C8H15N. The van der Waals surface area contributed by atoms with Gasteiger partial charge >= 0.3 is 0 Å². The van der Waals surface area contributed by atoms with E-state index in [4.69, 9.17) is 5.73 Å². The van der Waals surface area contributed by atoms with Crippen LogP contribution in [0.5, 0.6) is 0 Å². The van der Waals surface area contributed by atoms with Crippen molar-refractivity contribution in [3.8, 4) is 11.8 Å². The highest BCUT2D eigenvalue weighted by atomic mass is 14.5. The van der Waals surface area contributed by atoms with E-state index in [9.17, 15) is 0 Å². The number of hydrogen-bond acceptors (Lipinski definition) is 1. The standard InChI is InChI=1S/C8H15N/c1-2-3-4-5-6-7-8-9/h4-9H2,1H3. The Bertz CT molecular complexity index is 96.9. The molecule has 0 aliphatic rings. The van der Waals surface area contributed by atoms with Crippen LogP contribution in [0.4, 0.5) is 0 Å². The van der Waals surface area contributed by atoms with E-state index in [1.807, 2.05) is 6.92 Å². The van der Waals surface area contributed by atoms with Crippen molar-refractivity contribution in [3.05, 3.63) is 0 Å². The average Bonchev–Trinajstić information content (AvgIpc) is 1.89. The molecule has 0 aliphatic heterocycles. The van der Waals surface area contributed by atoms with Crippen molar-refractivity contribution < 1.29 is 0 Å². The van der Waals surface area contributed by atoms with Gasteiger partial charge < -0.3 is 5.73 Å². The van der Waals surface area contributed by atoms with Gasteiger partial charge in [-0.15, -0.1) is 11.8 Å². The Morgan fingerprint density at radius 3 is 2.56 bits per heavy atom. The molecule has 0 bridgehead atoms. The van der Waals surface area contributed by atoms with Crippen molar-refractivity contribution in [1.82, 2.24) is 0 Å². The third-order valence-electron chi connectivity index (χ3n) is 1.18. The monoisotopic (exact) mass is 125 g/mol. The van der Waals surface area contributed by atoms with Crippen LogP contribution in [0, 0.1) is 11.8 Å². The van der Waals surface area contributed by atoms with E-state index in [2.05, 4.69) is 11.8 Å². The third kappa shape index (κ3) is 7.52. The first kappa shape index (κ1) is 8.52. The lowest BCUT2D eigenvalue weighted by atomic mass is 10.2. The molecule has 9 heavy (non-hydrogen) atoms. The second kappa shape index (κ2) is 7.52. The summed E-state index contributed by atoms with van der Waals surface area (Å²) in [7, 11) is 0. The van der Waals surface area contributed by atoms with Crippen molar-refractivity contribution in [2.75, 3.05) is 6.54 Å². The quantitative estimate of drug-likeness (QED) is 0.447. The summed E-state index contributed by atoms with van der Waals surface area (Å²) in [5, 5.41) is 0. The average molecular weight is 125 g/mol. The van der Waals surface area contributed by atoms with Crippen LogP contribution >= 0.6 is 0 Å². The molecule has 1 nitrogen and oxygen atoms in total. The van der Waals surface area contributed by atoms with Crippen molar-refractivity contribution in [2.45, 2.75) is 32.6 Å². The molecule has 0 radical (unpaired) electrons. The summed E-state index contributed by atoms with van der Waals surface area (Å²) in [6, 6.07) is 0. The molecule has 1 heteroatoms. The number of nitrogens with two attached hydrogens (primary N) is 1. The summed E-state index contributed by atoms with van der Waals surface area (Å²) in [5.74, 6) is 5.88. The van der Waals surface area contributed by atoms with Crippen LogP contribution in [-0.2, 0) is 0 Å². The molecule has 0 amide bonds. The number of rotatable bonds is 4. The van der Waals surface area contributed by atoms with E-state index in [-0.39, 0.29) is 0 Å². The third-order valence-corrected chi connectivity index (χ3v) is 1.18. The van der Waals surface area contributed by atoms with Gasteiger partial charge in [0.2, 0.25) is 0 Å². The molecule has 0 aromatic rings. The lowest BCUT2D eigenvalue weighted by Crippen LogP contribution is -1.97. The zero-order chi connectivity index (χ0) is 6.95. The minimum absolute atomic E-state index is 0.819. The Morgan fingerprint density at radius 2 is 2.00 bits per heavy atom. The van der Waals surface area contributed by atoms with E-state index >= 15 is 0 Å². The highest BCUT2D eigenvalue weighted by Gasteiger charge is 1.82. The fourth-order valence-electron chi connectivity index (χ4n) is 0.660. The van der Waals surface area contributed by atoms with E-state index in [0.29, 0.717) is 0 Å².